The number of rotatable bonds is 1. The van der Waals surface area contributed by atoms with Crippen LogP contribution in [0.2, 0.25) is 0 Å². The molecule has 0 aromatic carbocycles. The minimum Gasteiger partial charge on any atom is -0.455 e. The largest absolute Gasteiger partial charge is 0.455 e. The number of aromatic amines is 1. The lowest BCUT2D eigenvalue weighted by atomic mass is 10.2. The topological polar surface area (TPSA) is 81.0 Å². The average Bonchev–Trinajstić information content (AvgIpc) is 2.26. The molecule has 0 saturated carbocycles. The first-order valence-electron chi connectivity index (χ1n) is 4.04. The van der Waals surface area contributed by atoms with E-state index in [1.54, 1.807) is 20.8 Å². The highest BCUT2D eigenvalue weighted by atomic mass is 79.9. The summed E-state index contributed by atoms with van der Waals surface area (Å²) in [6.45, 7) is 5.35. The Balaban J connectivity index is 2.85. The van der Waals surface area contributed by atoms with Gasteiger partial charge in [0, 0.05) is 0 Å². The number of esters is 1. The molecule has 1 aromatic rings. The van der Waals surface area contributed by atoms with Gasteiger partial charge in [-0.15, -0.1) is 0 Å². The molecule has 3 N–H and O–H groups in total. The summed E-state index contributed by atoms with van der Waals surface area (Å²) in [4.78, 5) is 18.0. The smallest absolute Gasteiger partial charge is 0.359 e. The standard InChI is InChI=1S/C8H12BrN3O2/c1-8(2,3)14-6(13)4-5(10)12-7(9)11-4/h10H2,1-3H3,(H,11,12). The number of nitrogen functional groups attached to an aromatic ring is 1. The van der Waals surface area contributed by atoms with Crippen molar-refractivity contribution in [2.75, 3.05) is 5.73 Å². The van der Waals surface area contributed by atoms with Crippen molar-refractivity contribution in [3.63, 3.8) is 0 Å². The van der Waals surface area contributed by atoms with Crippen molar-refractivity contribution in [3.8, 4) is 0 Å². The molecular formula is C8H12BrN3O2. The maximum Gasteiger partial charge on any atom is 0.359 e. The molecule has 1 heterocycles. The van der Waals surface area contributed by atoms with Gasteiger partial charge in [-0.05, 0) is 36.7 Å². The fourth-order valence-corrected chi connectivity index (χ4v) is 1.23. The molecule has 0 aliphatic rings. The van der Waals surface area contributed by atoms with Gasteiger partial charge in [0.05, 0.1) is 0 Å². The van der Waals surface area contributed by atoms with E-state index in [1.807, 2.05) is 0 Å². The molecule has 0 unspecified atom stereocenters. The van der Waals surface area contributed by atoms with E-state index in [2.05, 4.69) is 25.9 Å². The molecule has 78 valence electrons. The van der Waals surface area contributed by atoms with E-state index in [-0.39, 0.29) is 11.5 Å². The number of hydrogen-bond acceptors (Lipinski definition) is 4. The first kappa shape index (κ1) is 11.0. The quantitative estimate of drug-likeness (QED) is 0.755. The molecule has 0 saturated heterocycles. The Kier molecular flexibility index (Phi) is 2.84. The van der Waals surface area contributed by atoms with Gasteiger partial charge in [0.1, 0.15) is 5.60 Å². The Bertz CT molecular complexity index is 354. The number of anilines is 1. The molecule has 1 rings (SSSR count). The highest BCUT2D eigenvalue weighted by molar-refractivity contribution is 9.10. The summed E-state index contributed by atoms with van der Waals surface area (Å²) in [5, 5.41) is 0. The number of aromatic nitrogens is 2. The maximum atomic E-state index is 11.5. The number of carbonyl (C=O) groups excluding carboxylic acids is 1. The molecule has 14 heavy (non-hydrogen) atoms. The molecule has 6 heteroatoms. The van der Waals surface area contributed by atoms with Crippen LogP contribution < -0.4 is 5.73 Å². The van der Waals surface area contributed by atoms with Gasteiger partial charge in [-0.3, -0.25) is 0 Å². The van der Waals surface area contributed by atoms with Crippen LogP contribution in [0.4, 0.5) is 5.82 Å². The van der Waals surface area contributed by atoms with Crippen molar-refractivity contribution >= 4 is 27.7 Å². The summed E-state index contributed by atoms with van der Waals surface area (Å²) in [6, 6.07) is 0. The van der Waals surface area contributed by atoms with Gasteiger partial charge < -0.3 is 15.5 Å². The molecule has 0 bridgehead atoms. The van der Waals surface area contributed by atoms with Crippen LogP contribution in [0.1, 0.15) is 31.3 Å². The van der Waals surface area contributed by atoms with Gasteiger partial charge in [-0.2, -0.15) is 0 Å². The van der Waals surface area contributed by atoms with Crippen LogP contribution in [0, 0.1) is 0 Å². The van der Waals surface area contributed by atoms with Crippen LogP contribution in [-0.2, 0) is 4.74 Å². The first-order valence-corrected chi connectivity index (χ1v) is 4.83. The number of nitrogens with one attached hydrogen (secondary N) is 1. The fourth-order valence-electron chi connectivity index (χ4n) is 0.842. The average molecular weight is 262 g/mol. The molecule has 5 nitrogen and oxygen atoms in total. The molecule has 0 atom stereocenters. The Hall–Kier alpha value is -1.04. The molecule has 0 aliphatic heterocycles. The van der Waals surface area contributed by atoms with E-state index in [9.17, 15) is 4.79 Å². The monoisotopic (exact) mass is 261 g/mol. The third-order valence-corrected chi connectivity index (χ3v) is 1.68. The first-order chi connectivity index (χ1) is 6.29. The van der Waals surface area contributed by atoms with Crippen molar-refractivity contribution < 1.29 is 9.53 Å². The minimum atomic E-state index is -0.541. The Labute approximate surface area is 90.2 Å². The lowest BCUT2D eigenvalue weighted by Crippen LogP contribution is -2.24. The van der Waals surface area contributed by atoms with Gasteiger partial charge in [-0.1, -0.05) is 0 Å². The van der Waals surface area contributed by atoms with Crippen LogP contribution in [-0.4, -0.2) is 21.5 Å². The van der Waals surface area contributed by atoms with Gasteiger partial charge in [-0.25, -0.2) is 9.78 Å². The van der Waals surface area contributed by atoms with Gasteiger partial charge >= 0.3 is 5.97 Å². The van der Waals surface area contributed by atoms with Gasteiger partial charge in [0.15, 0.2) is 16.2 Å². The number of halogens is 1. The van der Waals surface area contributed by atoms with E-state index >= 15 is 0 Å². The van der Waals surface area contributed by atoms with Crippen LogP contribution in [0.15, 0.2) is 4.73 Å². The van der Waals surface area contributed by atoms with Crippen molar-refractivity contribution in [2.24, 2.45) is 0 Å². The normalized spacial score (nSPS) is 11.4. The van der Waals surface area contributed by atoms with Crippen molar-refractivity contribution in [1.82, 2.24) is 9.97 Å². The number of imidazole rings is 1. The van der Waals surface area contributed by atoms with Crippen LogP contribution in [0.3, 0.4) is 0 Å². The number of H-pyrrole nitrogens is 1. The summed E-state index contributed by atoms with van der Waals surface area (Å²) in [6.07, 6.45) is 0. The lowest BCUT2D eigenvalue weighted by molar-refractivity contribution is 0.00647. The second-order valence-corrected chi connectivity index (χ2v) is 4.54. The molecule has 0 fully saturated rings. The van der Waals surface area contributed by atoms with Crippen molar-refractivity contribution in [2.45, 2.75) is 26.4 Å². The lowest BCUT2D eigenvalue weighted by Gasteiger charge is -2.18. The fraction of sp³-hybridized carbons (Fsp3) is 0.500. The number of nitrogens with two attached hydrogens (primary N) is 1. The molecule has 0 radical (unpaired) electrons. The Morgan fingerprint density at radius 3 is 2.50 bits per heavy atom. The van der Waals surface area contributed by atoms with Crippen molar-refractivity contribution in [3.05, 3.63) is 10.4 Å². The van der Waals surface area contributed by atoms with Crippen molar-refractivity contribution in [1.29, 1.82) is 0 Å². The highest BCUT2D eigenvalue weighted by Crippen LogP contribution is 2.17. The third kappa shape index (κ3) is 2.73. The SMILES string of the molecule is CC(C)(C)OC(=O)c1[nH]c(Br)nc1N. The van der Waals surface area contributed by atoms with Crippen LogP contribution >= 0.6 is 15.9 Å². The van der Waals surface area contributed by atoms with E-state index < -0.39 is 11.6 Å². The number of ether oxygens (including phenoxy) is 1. The van der Waals surface area contributed by atoms with Gasteiger partial charge in [0.25, 0.3) is 0 Å². The van der Waals surface area contributed by atoms with E-state index in [1.165, 1.54) is 0 Å². The zero-order chi connectivity index (χ0) is 10.9. The predicted octanol–water partition coefficient (Wildman–Crippen LogP) is 1.71. The van der Waals surface area contributed by atoms with Crippen LogP contribution in [0.5, 0.6) is 0 Å². The van der Waals surface area contributed by atoms with E-state index in [0.29, 0.717) is 4.73 Å². The summed E-state index contributed by atoms with van der Waals surface area (Å²) in [7, 11) is 0. The Morgan fingerprint density at radius 1 is 1.57 bits per heavy atom. The molecule has 0 amide bonds. The zero-order valence-corrected chi connectivity index (χ0v) is 9.81. The second kappa shape index (κ2) is 3.61. The van der Waals surface area contributed by atoms with Crippen LogP contribution in [0.25, 0.3) is 0 Å². The highest BCUT2D eigenvalue weighted by Gasteiger charge is 2.22. The van der Waals surface area contributed by atoms with E-state index in [0.717, 1.165) is 0 Å². The minimum absolute atomic E-state index is 0.131. The summed E-state index contributed by atoms with van der Waals surface area (Å²) in [5.41, 5.74) is 5.12. The Morgan fingerprint density at radius 2 is 2.14 bits per heavy atom. The molecule has 0 aliphatic carbocycles. The maximum absolute atomic E-state index is 11.5. The predicted molar refractivity (Wildman–Crippen MR) is 55.9 cm³/mol. The summed E-state index contributed by atoms with van der Waals surface area (Å²) < 4.78 is 5.52. The second-order valence-electron chi connectivity index (χ2n) is 3.79. The summed E-state index contributed by atoms with van der Waals surface area (Å²) in [5.74, 6) is -0.376. The molecule has 0 spiro atoms. The number of nitrogens with zero attached hydrogens (tertiary/aromatic N) is 1. The zero-order valence-electron chi connectivity index (χ0n) is 8.22. The van der Waals surface area contributed by atoms with Gasteiger partial charge in [0.2, 0.25) is 0 Å². The number of carbonyl (C=O) groups is 1. The number of hydrogen-bond donors (Lipinski definition) is 2. The summed E-state index contributed by atoms with van der Waals surface area (Å²) >= 11 is 3.08. The molecule has 1 aromatic heterocycles. The molecular weight excluding hydrogens is 250 g/mol. The third-order valence-electron chi connectivity index (χ3n) is 1.31. The van der Waals surface area contributed by atoms with E-state index in [4.69, 9.17) is 10.5 Å².